The predicted octanol–water partition coefficient (Wildman–Crippen LogP) is 2.98. The van der Waals surface area contributed by atoms with Gasteiger partial charge in [-0.2, -0.15) is 0 Å². The number of nitrogens with zero attached hydrogens (tertiary/aromatic N) is 4. The van der Waals surface area contributed by atoms with Crippen LogP contribution in [0.1, 0.15) is 12.8 Å². The van der Waals surface area contributed by atoms with Crippen molar-refractivity contribution in [3.8, 4) is 11.4 Å². The van der Waals surface area contributed by atoms with E-state index in [1.54, 1.807) is 36.7 Å². The van der Waals surface area contributed by atoms with Crippen LogP contribution in [0.3, 0.4) is 0 Å². The standard InChI is InChI=1S/C20H18N6O2S/c27-29(28,25-15-4-5-15)16-8-6-14(7-9-16)23-20-21-11-10-17(24-20)18-13-22-19-3-1-2-12-26(18)19/h1-3,6-13,15,25H,4-5H2,(H,21,23,24). The third-order valence-corrected chi connectivity index (χ3v) is 6.19. The summed E-state index contributed by atoms with van der Waals surface area (Å²) in [5, 5.41) is 3.12. The number of hydrogen-bond acceptors (Lipinski definition) is 6. The van der Waals surface area contributed by atoms with Crippen molar-refractivity contribution >= 4 is 27.3 Å². The van der Waals surface area contributed by atoms with Crippen LogP contribution in [0, 0.1) is 0 Å². The smallest absolute Gasteiger partial charge is 0.240 e. The Morgan fingerprint density at radius 2 is 1.83 bits per heavy atom. The Kier molecular flexibility index (Phi) is 4.26. The molecule has 8 nitrogen and oxygen atoms in total. The highest BCUT2D eigenvalue weighted by Gasteiger charge is 2.27. The van der Waals surface area contributed by atoms with Crippen LogP contribution < -0.4 is 10.0 Å². The molecule has 0 saturated heterocycles. The molecular weight excluding hydrogens is 388 g/mol. The molecular formula is C20H18N6O2S. The van der Waals surface area contributed by atoms with Gasteiger partial charge in [0.15, 0.2) is 0 Å². The van der Waals surface area contributed by atoms with E-state index in [1.165, 1.54) is 0 Å². The van der Waals surface area contributed by atoms with Gasteiger partial charge in [0, 0.05) is 24.1 Å². The lowest BCUT2D eigenvalue weighted by Gasteiger charge is -2.09. The fraction of sp³-hybridized carbons (Fsp3) is 0.150. The van der Waals surface area contributed by atoms with Gasteiger partial charge in [-0.05, 0) is 55.3 Å². The molecule has 1 aliphatic carbocycles. The zero-order chi connectivity index (χ0) is 19.8. The van der Waals surface area contributed by atoms with E-state index in [4.69, 9.17) is 0 Å². The van der Waals surface area contributed by atoms with E-state index >= 15 is 0 Å². The molecule has 0 atom stereocenters. The predicted molar refractivity (Wildman–Crippen MR) is 109 cm³/mol. The summed E-state index contributed by atoms with van der Waals surface area (Å²) in [4.78, 5) is 13.5. The van der Waals surface area contributed by atoms with Gasteiger partial charge in [0.25, 0.3) is 0 Å². The number of imidazole rings is 1. The van der Waals surface area contributed by atoms with Crippen molar-refractivity contribution in [1.82, 2.24) is 24.1 Å². The van der Waals surface area contributed by atoms with Gasteiger partial charge in [-0.15, -0.1) is 0 Å². The first-order chi connectivity index (χ1) is 14.1. The Morgan fingerprint density at radius 1 is 1.00 bits per heavy atom. The topological polar surface area (TPSA) is 101 Å². The number of anilines is 2. The maximum Gasteiger partial charge on any atom is 0.240 e. The summed E-state index contributed by atoms with van der Waals surface area (Å²) < 4.78 is 29.2. The fourth-order valence-corrected chi connectivity index (χ4v) is 4.32. The molecule has 0 aliphatic heterocycles. The zero-order valence-corrected chi connectivity index (χ0v) is 16.2. The summed E-state index contributed by atoms with van der Waals surface area (Å²) in [6.07, 6.45) is 7.18. The minimum absolute atomic E-state index is 0.0774. The van der Waals surface area contributed by atoms with Crippen molar-refractivity contribution in [3.63, 3.8) is 0 Å². The van der Waals surface area contributed by atoms with E-state index in [9.17, 15) is 8.42 Å². The number of benzene rings is 1. The van der Waals surface area contributed by atoms with Crippen molar-refractivity contribution in [2.24, 2.45) is 0 Å². The average molecular weight is 406 g/mol. The van der Waals surface area contributed by atoms with Gasteiger partial charge in [0.1, 0.15) is 5.65 Å². The molecule has 29 heavy (non-hydrogen) atoms. The first-order valence-corrected chi connectivity index (χ1v) is 10.7. The van der Waals surface area contributed by atoms with Crippen LogP contribution in [0.2, 0.25) is 0 Å². The first-order valence-electron chi connectivity index (χ1n) is 9.23. The summed E-state index contributed by atoms with van der Waals surface area (Å²) in [7, 11) is -3.46. The van der Waals surface area contributed by atoms with Crippen LogP contribution in [-0.4, -0.2) is 33.8 Å². The molecule has 0 amide bonds. The van der Waals surface area contributed by atoms with Gasteiger partial charge in [-0.1, -0.05) is 6.07 Å². The van der Waals surface area contributed by atoms with E-state index in [-0.39, 0.29) is 10.9 Å². The highest BCUT2D eigenvalue weighted by atomic mass is 32.2. The van der Waals surface area contributed by atoms with Gasteiger partial charge < -0.3 is 5.32 Å². The molecule has 1 aliphatic rings. The molecule has 0 bridgehead atoms. The summed E-state index contributed by atoms with van der Waals surface area (Å²) in [5.41, 5.74) is 3.13. The lowest BCUT2D eigenvalue weighted by Crippen LogP contribution is -2.25. The second-order valence-corrected chi connectivity index (χ2v) is 8.60. The van der Waals surface area contributed by atoms with Crippen LogP contribution in [0.5, 0.6) is 0 Å². The zero-order valence-electron chi connectivity index (χ0n) is 15.4. The summed E-state index contributed by atoms with van der Waals surface area (Å²) >= 11 is 0. The molecule has 4 aromatic rings. The number of sulfonamides is 1. The highest BCUT2D eigenvalue weighted by molar-refractivity contribution is 7.89. The molecule has 3 aromatic heterocycles. The van der Waals surface area contributed by atoms with Crippen LogP contribution in [-0.2, 0) is 10.0 Å². The monoisotopic (exact) mass is 406 g/mol. The van der Waals surface area contributed by atoms with Crippen LogP contribution in [0.4, 0.5) is 11.6 Å². The number of nitrogens with one attached hydrogen (secondary N) is 2. The number of fused-ring (bicyclic) bond motifs is 1. The van der Waals surface area contributed by atoms with Crippen LogP contribution in [0.15, 0.2) is 72.0 Å². The molecule has 146 valence electrons. The lowest BCUT2D eigenvalue weighted by molar-refractivity contribution is 0.581. The Labute approximate surface area is 167 Å². The number of pyridine rings is 1. The Balaban J connectivity index is 1.38. The molecule has 5 rings (SSSR count). The molecule has 1 saturated carbocycles. The normalized spacial score (nSPS) is 14.2. The van der Waals surface area contributed by atoms with E-state index in [0.717, 1.165) is 29.9 Å². The number of rotatable bonds is 6. The quantitative estimate of drug-likeness (QED) is 0.510. The van der Waals surface area contributed by atoms with E-state index < -0.39 is 10.0 Å². The molecule has 1 fully saturated rings. The number of aromatic nitrogens is 4. The molecule has 3 heterocycles. The third-order valence-electron chi connectivity index (χ3n) is 4.65. The van der Waals surface area contributed by atoms with Gasteiger partial charge in [0.2, 0.25) is 16.0 Å². The summed E-state index contributed by atoms with van der Waals surface area (Å²) in [6.45, 7) is 0. The van der Waals surface area contributed by atoms with Crippen LogP contribution in [0.25, 0.3) is 17.0 Å². The van der Waals surface area contributed by atoms with Gasteiger partial charge in [-0.25, -0.2) is 28.1 Å². The molecule has 0 radical (unpaired) electrons. The van der Waals surface area contributed by atoms with Gasteiger partial charge >= 0.3 is 0 Å². The lowest BCUT2D eigenvalue weighted by atomic mass is 10.3. The fourth-order valence-electron chi connectivity index (χ4n) is 3.02. The SMILES string of the molecule is O=S(=O)(NC1CC1)c1ccc(Nc2nccc(-c3cnc4ccccn34)n2)cc1. The number of hydrogen-bond donors (Lipinski definition) is 2. The second-order valence-electron chi connectivity index (χ2n) is 6.88. The maximum atomic E-state index is 12.3. The van der Waals surface area contributed by atoms with Crippen LogP contribution >= 0.6 is 0 Å². The molecule has 0 spiro atoms. The third kappa shape index (κ3) is 3.69. The van der Waals surface area contributed by atoms with E-state index in [2.05, 4.69) is 25.0 Å². The average Bonchev–Trinajstić information content (AvgIpc) is 3.42. The first kappa shape index (κ1) is 17.8. The van der Waals surface area contributed by atoms with E-state index in [0.29, 0.717) is 11.6 Å². The second kappa shape index (κ2) is 6.94. The largest absolute Gasteiger partial charge is 0.324 e. The van der Waals surface area contributed by atoms with Crippen molar-refractivity contribution in [1.29, 1.82) is 0 Å². The summed E-state index contributed by atoms with van der Waals surface area (Å²) in [6, 6.07) is 14.2. The van der Waals surface area contributed by atoms with Crippen molar-refractivity contribution in [2.75, 3.05) is 5.32 Å². The minimum atomic E-state index is -3.46. The summed E-state index contributed by atoms with van der Waals surface area (Å²) in [5.74, 6) is 0.417. The highest BCUT2D eigenvalue weighted by Crippen LogP contribution is 2.24. The Morgan fingerprint density at radius 3 is 2.62 bits per heavy atom. The molecule has 0 unspecified atom stereocenters. The Hall–Kier alpha value is -3.30. The minimum Gasteiger partial charge on any atom is -0.324 e. The Bertz CT molecular complexity index is 1280. The van der Waals surface area contributed by atoms with Crippen molar-refractivity contribution in [3.05, 3.63) is 67.1 Å². The maximum absolute atomic E-state index is 12.3. The van der Waals surface area contributed by atoms with Crippen molar-refractivity contribution in [2.45, 2.75) is 23.8 Å². The van der Waals surface area contributed by atoms with E-state index in [1.807, 2.05) is 34.9 Å². The molecule has 1 aromatic carbocycles. The van der Waals surface area contributed by atoms with Gasteiger partial charge in [0.05, 0.1) is 22.5 Å². The molecule has 9 heteroatoms. The van der Waals surface area contributed by atoms with Crippen molar-refractivity contribution < 1.29 is 8.42 Å². The van der Waals surface area contributed by atoms with Gasteiger partial charge in [-0.3, -0.25) is 4.40 Å². The molecule has 2 N–H and O–H groups in total.